The number of halogens is 4. The summed E-state index contributed by atoms with van der Waals surface area (Å²) in [6.07, 6.45) is 2.34. The first-order chi connectivity index (χ1) is 9.49. The van der Waals surface area contributed by atoms with E-state index in [1.54, 1.807) is 0 Å². The van der Waals surface area contributed by atoms with Crippen LogP contribution in [0.4, 0.5) is 17.6 Å². The molecule has 0 atom stereocenters. The van der Waals surface area contributed by atoms with Gasteiger partial charge < -0.3 is 0 Å². The lowest BCUT2D eigenvalue weighted by atomic mass is 9.78. The Morgan fingerprint density at radius 1 is 0.750 bits per heavy atom. The van der Waals surface area contributed by atoms with E-state index in [0.29, 0.717) is 44.4 Å². The predicted octanol–water partition coefficient (Wildman–Crippen LogP) is 6.03. The van der Waals surface area contributed by atoms with E-state index >= 15 is 0 Å². The van der Waals surface area contributed by atoms with E-state index in [1.807, 2.05) is 0 Å². The first kappa shape index (κ1) is 15.8. The van der Waals surface area contributed by atoms with Crippen LogP contribution in [0.25, 0.3) is 0 Å². The van der Waals surface area contributed by atoms with Crippen LogP contribution in [0.2, 0.25) is 0 Å². The molecule has 0 aliphatic heterocycles. The number of hydrogen-bond donors (Lipinski definition) is 0. The van der Waals surface area contributed by atoms with E-state index in [2.05, 4.69) is 6.92 Å². The van der Waals surface area contributed by atoms with E-state index in [0.717, 1.165) is 12.8 Å². The summed E-state index contributed by atoms with van der Waals surface area (Å²) in [6, 6.07) is 0. The van der Waals surface area contributed by atoms with Gasteiger partial charge >= 0.3 is 0 Å². The highest BCUT2D eigenvalue weighted by atomic mass is 19.3. The molecule has 2 fully saturated rings. The highest BCUT2D eigenvalue weighted by molar-refractivity contribution is 5.09. The third-order valence-electron chi connectivity index (χ3n) is 5.09. The Kier molecular flexibility index (Phi) is 5.50. The number of hydrogen-bond acceptors (Lipinski definition) is 0. The summed E-state index contributed by atoms with van der Waals surface area (Å²) in [5.41, 5.74) is 0. The summed E-state index contributed by atoms with van der Waals surface area (Å²) in [5, 5.41) is 0. The normalized spacial score (nSPS) is 36.9. The molecular formula is C16H24F4. The Morgan fingerprint density at radius 3 is 1.55 bits per heavy atom. The van der Waals surface area contributed by atoms with Gasteiger partial charge in [-0.15, -0.1) is 0 Å². The van der Waals surface area contributed by atoms with Crippen molar-refractivity contribution in [2.75, 3.05) is 0 Å². The van der Waals surface area contributed by atoms with Crippen molar-refractivity contribution < 1.29 is 17.6 Å². The van der Waals surface area contributed by atoms with Gasteiger partial charge in [0.2, 0.25) is 6.43 Å². The fourth-order valence-corrected chi connectivity index (χ4v) is 3.53. The van der Waals surface area contributed by atoms with E-state index in [4.69, 9.17) is 0 Å². The van der Waals surface area contributed by atoms with Crippen molar-refractivity contribution in [1.29, 1.82) is 0 Å². The first-order valence-electron chi connectivity index (χ1n) is 7.82. The Hall–Kier alpha value is -0.540. The molecule has 2 saturated carbocycles. The van der Waals surface area contributed by atoms with Crippen molar-refractivity contribution in [1.82, 2.24) is 0 Å². The molecule has 0 aromatic carbocycles. The molecule has 0 bridgehead atoms. The maximum Gasteiger partial charge on any atom is 0.241 e. The predicted molar refractivity (Wildman–Crippen MR) is 71.8 cm³/mol. The Bertz CT molecular complexity index is 334. The largest absolute Gasteiger partial charge is 0.241 e. The Labute approximate surface area is 118 Å². The van der Waals surface area contributed by atoms with Gasteiger partial charge in [-0.05, 0) is 44.4 Å². The number of rotatable bonds is 3. The molecule has 116 valence electrons. The molecule has 0 aromatic heterocycles. The highest BCUT2D eigenvalue weighted by Crippen LogP contribution is 2.41. The maximum absolute atomic E-state index is 14.2. The van der Waals surface area contributed by atoms with Crippen molar-refractivity contribution in [3.05, 3.63) is 11.7 Å². The average Bonchev–Trinajstić information content (AvgIpc) is 2.46. The van der Waals surface area contributed by atoms with E-state index < -0.39 is 29.9 Å². The van der Waals surface area contributed by atoms with Crippen molar-refractivity contribution >= 4 is 0 Å². The van der Waals surface area contributed by atoms with Gasteiger partial charge in [-0.25, -0.2) is 17.6 Å². The first-order valence-corrected chi connectivity index (χ1v) is 7.82. The van der Waals surface area contributed by atoms with Crippen LogP contribution in [0.5, 0.6) is 0 Å². The lowest BCUT2D eigenvalue weighted by Crippen LogP contribution is -2.22. The minimum absolute atomic E-state index is 0.279. The second-order valence-electron chi connectivity index (χ2n) is 6.60. The van der Waals surface area contributed by atoms with Crippen molar-refractivity contribution in [3.63, 3.8) is 0 Å². The van der Waals surface area contributed by atoms with Crippen LogP contribution < -0.4 is 0 Å². The van der Waals surface area contributed by atoms with Crippen LogP contribution in [0.3, 0.4) is 0 Å². The molecule has 0 unspecified atom stereocenters. The second kappa shape index (κ2) is 6.95. The molecule has 0 spiro atoms. The smallest absolute Gasteiger partial charge is 0.210 e. The number of alkyl halides is 2. The molecule has 0 heterocycles. The zero-order chi connectivity index (χ0) is 14.7. The van der Waals surface area contributed by atoms with Crippen molar-refractivity contribution in [2.24, 2.45) is 23.7 Å². The molecule has 0 amide bonds. The van der Waals surface area contributed by atoms with Gasteiger partial charge in [0.25, 0.3) is 0 Å². The number of allylic oxidation sites excluding steroid dienone is 2. The summed E-state index contributed by atoms with van der Waals surface area (Å²) < 4.78 is 53.5. The molecule has 2 rings (SSSR count). The highest BCUT2D eigenvalue weighted by Gasteiger charge is 2.32. The fraction of sp³-hybridized carbons (Fsp3) is 0.875. The Morgan fingerprint density at radius 2 is 1.15 bits per heavy atom. The van der Waals surface area contributed by atoms with E-state index in [9.17, 15) is 17.6 Å². The lowest BCUT2D eigenvalue weighted by molar-refractivity contribution is 0.0473. The van der Waals surface area contributed by atoms with Crippen LogP contribution >= 0.6 is 0 Å². The second-order valence-corrected chi connectivity index (χ2v) is 6.60. The van der Waals surface area contributed by atoms with Gasteiger partial charge in [0.15, 0.2) is 0 Å². The molecule has 2 aliphatic carbocycles. The van der Waals surface area contributed by atoms with Gasteiger partial charge in [0, 0.05) is 17.8 Å². The molecule has 20 heavy (non-hydrogen) atoms. The van der Waals surface area contributed by atoms with Crippen LogP contribution in [-0.4, -0.2) is 6.43 Å². The third-order valence-corrected chi connectivity index (χ3v) is 5.09. The molecular weight excluding hydrogens is 268 g/mol. The average molecular weight is 292 g/mol. The van der Waals surface area contributed by atoms with Gasteiger partial charge in [0.05, 0.1) is 0 Å². The maximum atomic E-state index is 14.2. The van der Waals surface area contributed by atoms with Crippen LogP contribution in [0.15, 0.2) is 11.7 Å². The summed E-state index contributed by atoms with van der Waals surface area (Å²) in [7, 11) is 0. The van der Waals surface area contributed by atoms with Crippen molar-refractivity contribution in [3.8, 4) is 0 Å². The molecule has 0 saturated heterocycles. The van der Waals surface area contributed by atoms with Crippen LogP contribution in [0, 0.1) is 23.7 Å². The topological polar surface area (TPSA) is 0 Å². The van der Waals surface area contributed by atoms with Crippen LogP contribution in [-0.2, 0) is 0 Å². The van der Waals surface area contributed by atoms with E-state index in [1.165, 1.54) is 0 Å². The molecule has 0 nitrogen and oxygen atoms in total. The Balaban J connectivity index is 1.92. The summed E-state index contributed by atoms with van der Waals surface area (Å²) in [4.78, 5) is 0. The lowest BCUT2D eigenvalue weighted by Gasteiger charge is -2.29. The molecule has 4 heteroatoms. The fourth-order valence-electron chi connectivity index (χ4n) is 3.53. The molecule has 2 aliphatic rings. The molecule has 0 N–H and O–H groups in total. The van der Waals surface area contributed by atoms with Gasteiger partial charge in [0.1, 0.15) is 11.7 Å². The summed E-state index contributed by atoms with van der Waals surface area (Å²) in [5.74, 6) is -2.00. The monoisotopic (exact) mass is 292 g/mol. The van der Waals surface area contributed by atoms with Gasteiger partial charge in [-0.2, -0.15) is 0 Å². The minimum Gasteiger partial charge on any atom is -0.210 e. The summed E-state index contributed by atoms with van der Waals surface area (Å²) >= 11 is 0. The minimum atomic E-state index is -2.33. The van der Waals surface area contributed by atoms with Gasteiger partial charge in [-0.3, -0.25) is 0 Å². The van der Waals surface area contributed by atoms with Gasteiger partial charge in [-0.1, -0.05) is 19.8 Å². The zero-order valence-electron chi connectivity index (χ0n) is 12.1. The summed E-state index contributed by atoms with van der Waals surface area (Å²) in [6.45, 7) is 2.14. The standard InChI is InChI=1S/C16H24F4/c1-10-2-4-11(5-3-10)14(17)15(18)12-6-8-13(9-7-12)16(19)20/h10-13,16H,2-9H2,1H3/b15-14+. The SMILES string of the molecule is CC1CCC(/C(F)=C(\F)C2CCC(C(F)F)CC2)CC1. The van der Waals surface area contributed by atoms with Crippen molar-refractivity contribution in [2.45, 2.75) is 64.7 Å². The zero-order valence-corrected chi connectivity index (χ0v) is 12.1. The third kappa shape index (κ3) is 3.76. The van der Waals surface area contributed by atoms with Crippen LogP contribution in [0.1, 0.15) is 58.3 Å². The quantitative estimate of drug-likeness (QED) is 0.557. The molecule has 0 aromatic rings. The molecule has 0 radical (unpaired) electrons. The van der Waals surface area contributed by atoms with E-state index in [-0.39, 0.29) is 5.92 Å².